The molecule has 41 heavy (non-hydrogen) atoms. The first-order valence-corrected chi connectivity index (χ1v) is 14.6. The van der Waals surface area contributed by atoms with Gasteiger partial charge in [-0.3, -0.25) is 14.9 Å². The molecule has 6 heterocycles. The molecule has 0 saturated carbocycles. The van der Waals surface area contributed by atoms with Crippen LogP contribution in [0.25, 0.3) is 39.4 Å². The number of H-pyrrole nitrogens is 2. The Labute approximate surface area is 240 Å². The summed E-state index contributed by atoms with van der Waals surface area (Å²) in [6, 6.07) is 7.85. The highest BCUT2D eigenvalue weighted by Gasteiger charge is 2.22. The fourth-order valence-corrected chi connectivity index (χ4v) is 6.14. The lowest BCUT2D eigenvalue weighted by atomic mass is 9.94. The van der Waals surface area contributed by atoms with E-state index in [4.69, 9.17) is 15.7 Å². The van der Waals surface area contributed by atoms with Crippen LogP contribution in [0.15, 0.2) is 65.3 Å². The third-order valence-electron chi connectivity index (χ3n) is 7.59. The molecule has 1 aliphatic heterocycles. The minimum absolute atomic E-state index is 0.0142. The molecule has 1 saturated heterocycles. The van der Waals surface area contributed by atoms with Crippen molar-refractivity contribution in [1.82, 2.24) is 35.5 Å². The molecule has 10 nitrogen and oxygen atoms in total. The van der Waals surface area contributed by atoms with Gasteiger partial charge in [-0.05, 0) is 78.5 Å². The predicted octanol–water partition coefficient (Wildman–Crippen LogP) is 4.63. The SMILES string of the molecule is NC1=CC=C(c2ccsc2)c2nc(-c3n[nH]c4ccc(-c5cncc(NC(=O)CC6CCNCC6)c5)nc34)[nH]c2C1. The number of aromatic nitrogens is 6. The van der Waals surface area contributed by atoms with Crippen LogP contribution >= 0.6 is 11.3 Å². The summed E-state index contributed by atoms with van der Waals surface area (Å²) in [6.07, 6.45) is 10.5. The highest BCUT2D eigenvalue weighted by Crippen LogP contribution is 2.33. The van der Waals surface area contributed by atoms with Gasteiger partial charge in [0, 0.05) is 41.6 Å². The average Bonchev–Trinajstić information content (AvgIpc) is 3.73. The van der Waals surface area contributed by atoms with Gasteiger partial charge in [0.15, 0.2) is 11.5 Å². The molecule has 1 fully saturated rings. The number of allylic oxidation sites excluding steroid dienone is 3. The molecule has 1 amide bonds. The number of thiophene rings is 1. The van der Waals surface area contributed by atoms with Crippen LogP contribution in [0.2, 0.25) is 0 Å². The van der Waals surface area contributed by atoms with Crippen LogP contribution in [0, 0.1) is 5.92 Å². The molecule has 0 atom stereocenters. The van der Waals surface area contributed by atoms with Gasteiger partial charge in [-0.25, -0.2) is 9.97 Å². The molecular weight excluding hydrogens is 534 g/mol. The number of nitrogens with zero attached hydrogens (tertiary/aromatic N) is 4. The van der Waals surface area contributed by atoms with E-state index < -0.39 is 0 Å². The van der Waals surface area contributed by atoms with Crippen LogP contribution in [-0.4, -0.2) is 49.1 Å². The van der Waals surface area contributed by atoms with Crippen molar-refractivity contribution in [3.8, 4) is 22.8 Å². The van der Waals surface area contributed by atoms with E-state index in [9.17, 15) is 4.79 Å². The second-order valence-electron chi connectivity index (χ2n) is 10.5. The smallest absolute Gasteiger partial charge is 0.224 e. The normalized spacial score (nSPS) is 15.7. The van der Waals surface area contributed by atoms with E-state index >= 15 is 0 Å². The van der Waals surface area contributed by atoms with Crippen molar-refractivity contribution in [2.24, 2.45) is 11.7 Å². The maximum atomic E-state index is 12.7. The van der Waals surface area contributed by atoms with Gasteiger partial charge in [-0.15, -0.1) is 0 Å². The fourth-order valence-electron chi connectivity index (χ4n) is 5.49. The maximum absolute atomic E-state index is 12.7. The largest absolute Gasteiger partial charge is 0.402 e. The lowest BCUT2D eigenvalue weighted by molar-refractivity contribution is -0.117. The van der Waals surface area contributed by atoms with Crippen LogP contribution in [0.4, 0.5) is 5.69 Å². The van der Waals surface area contributed by atoms with Gasteiger partial charge in [0.25, 0.3) is 0 Å². The number of amides is 1. The molecule has 0 bridgehead atoms. The Morgan fingerprint density at radius 3 is 2.83 bits per heavy atom. The summed E-state index contributed by atoms with van der Waals surface area (Å²) >= 11 is 1.64. The van der Waals surface area contributed by atoms with Crippen LogP contribution in [0.1, 0.15) is 36.2 Å². The summed E-state index contributed by atoms with van der Waals surface area (Å²) in [7, 11) is 0. The number of carbonyl (C=O) groups is 1. The van der Waals surface area contributed by atoms with E-state index in [1.54, 1.807) is 23.7 Å². The molecule has 7 rings (SSSR count). The lowest BCUT2D eigenvalue weighted by Crippen LogP contribution is -2.30. The average molecular weight is 564 g/mol. The highest BCUT2D eigenvalue weighted by molar-refractivity contribution is 7.08. The first-order chi connectivity index (χ1) is 20.1. The van der Waals surface area contributed by atoms with E-state index in [1.165, 1.54) is 0 Å². The first kappa shape index (κ1) is 25.4. The van der Waals surface area contributed by atoms with E-state index in [-0.39, 0.29) is 5.91 Å². The van der Waals surface area contributed by atoms with Gasteiger partial charge in [0.1, 0.15) is 5.52 Å². The van der Waals surface area contributed by atoms with Crippen molar-refractivity contribution in [3.05, 3.63) is 82.2 Å². The van der Waals surface area contributed by atoms with E-state index in [0.29, 0.717) is 41.5 Å². The van der Waals surface area contributed by atoms with Crippen molar-refractivity contribution in [3.63, 3.8) is 0 Å². The third-order valence-corrected chi connectivity index (χ3v) is 8.28. The summed E-state index contributed by atoms with van der Waals surface area (Å²) in [5.74, 6) is 1.05. The van der Waals surface area contributed by atoms with Crippen molar-refractivity contribution >= 4 is 39.5 Å². The molecule has 0 spiro atoms. The number of rotatable bonds is 6. The molecule has 206 valence electrons. The maximum Gasteiger partial charge on any atom is 0.224 e. The van der Waals surface area contributed by atoms with Crippen molar-refractivity contribution in [2.75, 3.05) is 18.4 Å². The van der Waals surface area contributed by atoms with Crippen LogP contribution < -0.4 is 16.4 Å². The molecule has 5 aromatic heterocycles. The molecule has 0 aromatic carbocycles. The number of imidazole rings is 1. The summed E-state index contributed by atoms with van der Waals surface area (Å²) in [6.45, 7) is 1.94. The Balaban J connectivity index is 1.18. The molecule has 5 aromatic rings. The summed E-state index contributed by atoms with van der Waals surface area (Å²) in [5, 5.41) is 18.2. The number of hydrogen-bond donors (Lipinski definition) is 5. The molecular formula is C30H29N9OS. The standard InChI is InChI=1S/C30H29N9OS/c31-20-1-2-22(18-7-10-41-16-18)27-25(13-20)36-30(37-27)29-28-24(38-39-29)4-3-23(35-28)19-12-21(15-33-14-19)34-26(40)11-17-5-8-32-9-6-17/h1-4,7,10,12,14-17,32H,5-6,8-9,11,13,31H2,(H,34,40)(H,36,37)(H,38,39). The molecule has 0 radical (unpaired) electrons. The Kier molecular flexibility index (Phi) is 6.65. The Morgan fingerprint density at radius 2 is 1.98 bits per heavy atom. The van der Waals surface area contributed by atoms with Gasteiger partial charge in [-0.2, -0.15) is 16.4 Å². The number of piperidine rings is 1. The molecule has 1 aliphatic carbocycles. The number of aromatic amines is 2. The fraction of sp³-hybridized carbons (Fsp3) is 0.233. The summed E-state index contributed by atoms with van der Waals surface area (Å²) < 4.78 is 0. The van der Waals surface area contributed by atoms with E-state index in [0.717, 1.165) is 70.9 Å². The van der Waals surface area contributed by atoms with E-state index in [2.05, 4.69) is 47.6 Å². The van der Waals surface area contributed by atoms with E-state index in [1.807, 2.05) is 30.4 Å². The second-order valence-corrected chi connectivity index (χ2v) is 11.3. The number of fused-ring (bicyclic) bond motifs is 2. The number of nitrogens with one attached hydrogen (secondary N) is 4. The van der Waals surface area contributed by atoms with Crippen molar-refractivity contribution in [2.45, 2.75) is 25.7 Å². The minimum atomic E-state index is 0.0142. The van der Waals surface area contributed by atoms with Gasteiger partial charge < -0.3 is 21.4 Å². The first-order valence-electron chi connectivity index (χ1n) is 13.7. The van der Waals surface area contributed by atoms with Crippen molar-refractivity contribution < 1.29 is 4.79 Å². The number of nitrogens with two attached hydrogens (primary N) is 1. The topological polar surface area (TPSA) is 150 Å². The second kappa shape index (κ2) is 10.8. The molecule has 2 aliphatic rings. The number of carbonyl (C=O) groups excluding carboxylic acids is 1. The minimum Gasteiger partial charge on any atom is -0.402 e. The monoisotopic (exact) mass is 563 g/mol. The molecule has 0 unspecified atom stereocenters. The zero-order chi connectivity index (χ0) is 27.8. The molecule has 6 N–H and O–H groups in total. The van der Waals surface area contributed by atoms with Crippen LogP contribution in [0.5, 0.6) is 0 Å². The number of hydrogen-bond acceptors (Lipinski definition) is 8. The Bertz CT molecular complexity index is 1790. The van der Waals surface area contributed by atoms with Gasteiger partial charge in [0.2, 0.25) is 5.91 Å². The van der Waals surface area contributed by atoms with Crippen molar-refractivity contribution in [1.29, 1.82) is 0 Å². The quantitative estimate of drug-likeness (QED) is 0.202. The van der Waals surface area contributed by atoms with Gasteiger partial charge >= 0.3 is 0 Å². The predicted molar refractivity (Wildman–Crippen MR) is 161 cm³/mol. The zero-order valence-electron chi connectivity index (χ0n) is 22.3. The Hall–Kier alpha value is -4.61. The van der Waals surface area contributed by atoms with Gasteiger partial charge in [0.05, 0.1) is 28.8 Å². The number of anilines is 1. The lowest BCUT2D eigenvalue weighted by Gasteiger charge is -2.21. The highest BCUT2D eigenvalue weighted by atomic mass is 32.1. The summed E-state index contributed by atoms with van der Waals surface area (Å²) in [4.78, 5) is 30.4. The zero-order valence-corrected chi connectivity index (χ0v) is 23.1. The third kappa shape index (κ3) is 5.17. The number of pyridine rings is 2. The molecule has 11 heteroatoms. The van der Waals surface area contributed by atoms with Crippen LogP contribution in [-0.2, 0) is 11.2 Å². The van der Waals surface area contributed by atoms with Crippen LogP contribution in [0.3, 0.4) is 0 Å². The van der Waals surface area contributed by atoms with Gasteiger partial charge in [-0.1, -0.05) is 6.08 Å². The summed E-state index contributed by atoms with van der Waals surface area (Å²) in [5.41, 5.74) is 15.2. The Morgan fingerprint density at radius 1 is 1.07 bits per heavy atom.